The van der Waals surface area contributed by atoms with Gasteiger partial charge in [0.05, 0.1) is 23.8 Å². The van der Waals surface area contributed by atoms with E-state index in [4.69, 9.17) is 4.74 Å². The zero-order chi connectivity index (χ0) is 22.9. The summed E-state index contributed by atoms with van der Waals surface area (Å²) in [5.74, 6) is -4.14. The van der Waals surface area contributed by atoms with Crippen LogP contribution in [0.5, 0.6) is 0 Å². The minimum absolute atomic E-state index is 0.0790. The third-order valence-electron chi connectivity index (χ3n) is 5.31. The molecule has 2 unspecified atom stereocenters. The maximum absolute atomic E-state index is 13.5. The molecule has 0 aliphatic carbocycles. The van der Waals surface area contributed by atoms with E-state index in [-0.39, 0.29) is 48.5 Å². The molecule has 1 fully saturated rings. The van der Waals surface area contributed by atoms with Gasteiger partial charge in [-0.05, 0) is 35.7 Å². The summed E-state index contributed by atoms with van der Waals surface area (Å²) in [6.07, 6.45) is -0.982. The van der Waals surface area contributed by atoms with E-state index in [0.717, 1.165) is 0 Å². The highest BCUT2D eigenvalue weighted by molar-refractivity contribution is 6.07. The number of rotatable bonds is 7. The predicted molar refractivity (Wildman–Crippen MR) is 108 cm³/mol. The molecule has 2 aromatic rings. The summed E-state index contributed by atoms with van der Waals surface area (Å²) in [5, 5.41) is 29.5. The molecule has 3 N–H and O–H groups in total. The molecule has 9 heteroatoms. The highest BCUT2D eigenvalue weighted by atomic mass is 19.1. The summed E-state index contributed by atoms with van der Waals surface area (Å²) in [4.78, 5) is 35.8. The number of hydrogen-bond donors (Lipinski definition) is 3. The summed E-state index contributed by atoms with van der Waals surface area (Å²) in [6, 6.07) is 5.14. The van der Waals surface area contributed by atoms with Gasteiger partial charge in [-0.15, -0.1) is 0 Å². The van der Waals surface area contributed by atoms with Crippen molar-refractivity contribution in [2.24, 2.45) is 0 Å². The Morgan fingerprint density at radius 2 is 1.77 bits per heavy atom. The number of cyclic esters (lactones) is 1. The van der Waals surface area contributed by atoms with E-state index >= 15 is 0 Å². The fourth-order valence-electron chi connectivity index (χ4n) is 4.11. The molecule has 0 amide bonds. The average molecular weight is 433 g/mol. The van der Waals surface area contributed by atoms with Gasteiger partial charge in [-0.25, -0.2) is 14.0 Å². The Bertz CT molecular complexity index is 1010. The normalized spacial score (nSPS) is 18.8. The molecule has 1 aromatic carbocycles. The van der Waals surface area contributed by atoms with E-state index in [1.165, 1.54) is 24.3 Å². The second-order valence-corrected chi connectivity index (χ2v) is 7.90. The molecule has 3 rings (SSSR count). The molecule has 1 aromatic heterocycles. The van der Waals surface area contributed by atoms with Crippen molar-refractivity contribution in [1.82, 2.24) is 4.57 Å². The third-order valence-corrected chi connectivity index (χ3v) is 5.31. The van der Waals surface area contributed by atoms with E-state index in [1.54, 1.807) is 18.4 Å². The van der Waals surface area contributed by atoms with Crippen LogP contribution in [-0.4, -0.2) is 50.0 Å². The Morgan fingerprint density at radius 1 is 1.16 bits per heavy atom. The van der Waals surface area contributed by atoms with Crippen LogP contribution in [0.2, 0.25) is 0 Å². The number of carbonyl (C=O) groups is 3. The largest absolute Gasteiger partial charge is 0.478 e. The first-order valence-corrected chi connectivity index (χ1v) is 9.96. The lowest BCUT2D eigenvalue weighted by molar-refractivity contribution is -0.160. The fourth-order valence-corrected chi connectivity index (χ4v) is 4.11. The number of carboxylic acids is 2. The zero-order valence-electron chi connectivity index (χ0n) is 17.2. The van der Waals surface area contributed by atoms with Gasteiger partial charge >= 0.3 is 17.9 Å². The van der Waals surface area contributed by atoms with Crippen molar-refractivity contribution in [3.8, 4) is 11.3 Å². The van der Waals surface area contributed by atoms with Crippen molar-refractivity contribution >= 4 is 17.9 Å². The quantitative estimate of drug-likeness (QED) is 0.572. The summed E-state index contributed by atoms with van der Waals surface area (Å²) in [5.41, 5.74) is 0.128. The van der Waals surface area contributed by atoms with Crippen LogP contribution in [0.15, 0.2) is 24.3 Å². The fraction of sp³-hybridized carbons (Fsp3) is 0.409. The minimum atomic E-state index is -1.41. The molecule has 166 valence electrons. The van der Waals surface area contributed by atoms with Crippen LogP contribution in [0.3, 0.4) is 0 Å². The van der Waals surface area contributed by atoms with Gasteiger partial charge in [0.2, 0.25) is 0 Å². The van der Waals surface area contributed by atoms with Crippen LogP contribution in [0.25, 0.3) is 11.3 Å². The van der Waals surface area contributed by atoms with E-state index in [2.05, 4.69) is 0 Å². The van der Waals surface area contributed by atoms with E-state index in [1.807, 2.05) is 0 Å². The monoisotopic (exact) mass is 433 g/mol. The van der Waals surface area contributed by atoms with Gasteiger partial charge in [-0.2, -0.15) is 0 Å². The van der Waals surface area contributed by atoms with E-state index in [9.17, 15) is 34.1 Å². The number of esters is 1. The van der Waals surface area contributed by atoms with Crippen LogP contribution in [0.4, 0.5) is 4.39 Å². The maximum atomic E-state index is 13.5. The summed E-state index contributed by atoms with van der Waals surface area (Å²) in [7, 11) is 0. The number of aromatic carboxylic acids is 2. The average Bonchev–Trinajstić information content (AvgIpc) is 3.02. The molecule has 0 spiro atoms. The molecule has 2 heterocycles. The molecule has 1 saturated heterocycles. The molecule has 0 saturated carbocycles. The third kappa shape index (κ3) is 4.61. The summed E-state index contributed by atoms with van der Waals surface area (Å²) < 4.78 is 20.4. The Labute approximate surface area is 177 Å². The number of halogens is 1. The molecule has 2 atom stereocenters. The Kier molecular flexibility index (Phi) is 6.45. The topological polar surface area (TPSA) is 126 Å². The highest BCUT2D eigenvalue weighted by Crippen LogP contribution is 2.36. The molecular weight excluding hydrogens is 409 g/mol. The first-order valence-electron chi connectivity index (χ1n) is 9.96. The number of aromatic nitrogens is 1. The van der Waals surface area contributed by atoms with Crippen molar-refractivity contribution in [2.45, 2.75) is 57.8 Å². The van der Waals surface area contributed by atoms with Gasteiger partial charge in [-0.1, -0.05) is 13.8 Å². The van der Waals surface area contributed by atoms with Crippen molar-refractivity contribution < 1.29 is 38.8 Å². The first kappa shape index (κ1) is 22.5. The Balaban J connectivity index is 2.15. The number of benzene rings is 1. The van der Waals surface area contributed by atoms with Crippen LogP contribution in [-0.2, 0) is 16.1 Å². The number of nitrogens with zero attached hydrogens (tertiary/aromatic N) is 1. The smallest absolute Gasteiger partial charge is 0.338 e. The number of aliphatic hydroxyl groups is 1. The SMILES string of the molecule is CC(C)c1c(C(=O)O)c(C(=O)O)c(-c2ccc(F)cc2)n1CCC1CC(O)CC(=O)O1. The minimum Gasteiger partial charge on any atom is -0.478 e. The second kappa shape index (κ2) is 8.89. The number of ether oxygens (including phenoxy) is 1. The Hall–Kier alpha value is -3.20. The van der Waals surface area contributed by atoms with Crippen LogP contribution in [0, 0.1) is 5.82 Å². The van der Waals surface area contributed by atoms with Crippen molar-refractivity contribution in [2.75, 3.05) is 0 Å². The number of carboxylic acid groups (broad SMARTS) is 2. The van der Waals surface area contributed by atoms with Gasteiger partial charge in [0, 0.05) is 25.1 Å². The van der Waals surface area contributed by atoms with Gasteiger partial charge in [0.15, 0.2) is 0 Å². The molecule has 8 nitrogen and oxygen atoms in total. The number of carbonyl (C=O) groups excluding carboxylic acids is 1. The Morgan fingerprint density at radius 3 is 2.29 bits per heavy atom. The van der Waals surface area contributed by atoms with E-state index < -0.39 is 35.9 Å². The van der Waals surface area contributed by atoms with Crippen LogP contribution in [0.1, 0.15) is 65.4 Å². The predicted octanol–water partition coefficient (Wildman–Crippen LogP) is 3.27. The molecule has 0 bridgehead atoms. The van der Waals surface area contributed by atoms with Gasteiger partial charge in [-0.3, -0.25) is 4.79 Å². The number of hydrogen-bond acceptors (Lipinski definition) is 5. The highest BCUT2D eigenvalue weighted by Gasteiger charge is 2.34. The van der Waals surface area contributed by atoms with E-state index in [0.29, 0.717) is 11.3 Å². The lowest BCUT2D eigenvalue weighted by atomic mass is 10.0. The second-order valence-electron chi connectivity index (χ2n) is 7.90. The summed E-state index contributed by atoms with van der Waals surface area (Å²) in [6.45, 7) is 3.66. The molecule has 0 radical (unpaired) electrons. The standard InChI is InChI=1S/C22H24FNO7/c1-11(2)19-17(21(27)28)18(22(29)30)20(12-3-5-13(23)6-4-12)24(19)8-7-15-9-14(25)10-16(26)31-15/h3-6,11,14-15,25H,7-10H2,1-2H3,(H,27,28)(H,29,30). The number of aliphatic hydroxyl groups excluding tert-OH is 1. The molecular formula is C22H24FNO7. The van der Waals surface area contributed by atoms with Gasteiger partial charge in [0.1, 0.15) is 17.5 Å². The molecule has 1 aliphatic rings. The van der Waals surface area contributed by atoms with Gasteiger partial charge < -0.3 is 24.6 Å². The molecule has 1 aliphatic heterocycles. The molecule has 31 heavy (non-hydrogen) atoms. The van der Waals surface area contributed by atoms with Crippen molar-refractivity contribution in [3.05, 3.63) is 46.9 Å². The van der Waals surface area contributed by atoms with Crippen molar-refractivity contribution in [1.29, 1.82) is 0 Å². The van der Waals surface area contributed by atoms with Gasteiger partial charge in [0.25, 0.3) is 0 Å². The van der Waals surface area contributed by atoms with Crippen LogP contribution < -0.4 is 0 Å². The lowest BCUT2D eigenvalue weighted by Crippen LogP contribution is -2.33. The summed E-state index contributed by atoms with van der Waals surface area (Å²) >= 11 is 0. The first-order chi connectivity index (χ1) is 14.6. The van der Waals surface area contributed by atoms with Crippen molar-refractivity contribution in [3.63, 3.8) is 0 Å². The lowest BCUT2D eigenvalue weighted by Gasteiger charge is -2.27. The zero-order valence-corrected chi connectivity index (χ0v) is 17.2. The van der Waals surface area contributed by atoms with Crippen LogP contribution >= 0.6 is 0 Å². The maximum Gasteiger partial charge on any atom is 0.338 e.